The number of pyridine rings is 1. The van der Waals surface area contributed by atoms with Gasteiger partial charge in [0.25, 0.3) is 0 Å². The van der Waals surface area contributed by atoms with Crippen molar-refractivity contribution in [2.24, 2.45) is 5.73 Å². The van der Waals surface area contributed by atoms with Crippen LogP contribution >= 0.6 is 0 Å². The van der Waals surface area contributed by atoms with Crippen LogP contribution in [0.5, 0.6) is 5.75 Å². The number of anilines is 1. The molecule has 1 aromatic rings. The second kappa shape index (κ2) is 5.36. The van der Waals surface area contributed by atoms with Crippen LogP contribution in [0.1, 0.15) is 27.7 Å². The topological polar surface area (TPSA) is 51.4 Å². The minimum absolute atomic E-state index is 0.132. The molecular weight excluding hydrogens is 214 g/mol. The molecule has 2 N–H and O–H groups in total. The van der Waals surface area contributed by atoms with Gasteiger partial charge >= 0.3 is 0 Å². The molecule has 0 bridgehead atoms. The molecule has 4 nitrogen and oxygen atoms in total. The SMILES string of the molecule is CC(C)Oc1cccnc1N(C)C(C)(C)CN. The van der Waals surface area contributed by atoms with Gasteiger partial charge in [-0.25, -0.2) is 4.98 Å². The standard InChI is InChI=1S/C13H23N3O/c1-10(2)17-11-7-6-8-15-12(11)16(5)13(3,4)9-14/h6-8,10H,9,14H2,1-5H3. The molecule has 17 heavy (non-hydrogen) atoms. The van der Waals surface area contributed by atoms with Crippen LogP contribution in [0.25, 0.3) is 0 Å². The summed E-state index contributed by atoms with van der Waals surface area (Å²) in [5.41, 5.74) is 5.64. The number of hydrogen-bond acceptors (Lipinski definition) is 4. The third-order valence-corrected chi connectivity index (χ3v) is 2.84. The van der Waals surface area contributed by atoms with Gasteiger partial charge in [-0.2, -0.15) is 0 Å². The number of rotatable bonds is 5. The molecule has 96 valence electrons. The van der Waals surface area contributed by atoms with E-state index in [2.05, 4.69) is 23.7 Å². The monoisotopic (exact) mass is 237 g/mol. The maximum absolute atomic E-state index is 5.79. The van der Waals surface area contributed by atoms with Crippen molar-refractivity contribution >= 4 is 5.82 Å². The molecule has 0 fully saturated rings. The van der Waals surface area contributed by atoms with Crippen molar-refractivity contribution in [3.8, 4) is 5.75 Å². The van der Waals surface area contributed by atoms with Crippen molar-refractivity contribution in [1.82, 2.24) is 4.98 Å². The zero-order valence-corrected chi connectivity index (χ0v) is 11.4. The van der Waals surface area contributed by atoms with E-state index in [0.29, 0.717) is 6.54 Å². The van der Waals surface area contributed by atoms with Crippen LogP contribution in [0.2, 0.25) is 0 Å². The van der Waals surface area contributed by atoms with E-state index >= 15 is 0 Å². The molecule has 0 amide bonds. The van der Waals surface area contributed by atoms with Crippen LogP contribution < -0.4 is 15.4 Å². The summed E-state index contributed by atoms with van der Waals surface area (Å²) in [7, 11) is 1.99. The first-order valence-electron chi connectivity index (χ1n) is 5.94. The normalized spacial score (nSPS) is 11.7. The molecule has 0 atom stereocenters. The summed E-state index contributed by atoms with van der Waals surface area (Å²) in [4.78, 5) is 6.45. The highest BCUT2D eigenvalue weighted by Gasteiger charge is 2.25. The number of nitrogens with zero attached hydrogens (tertiary/aromatic N) is 2. The van der Waals surface area contributed by atoms with Gasteiger partial charge in [0.1, 0.15) is 0 Å². The molecule has 0 radical (unpaired) electrons. The molecule has 0 spiro atoms. The van der Waals surface area contributed by atoms with Gasteiger partial charge < -0.3 is 15.4 Å². The van der Waals surface area contributed by atoms with E-state index < -0.39 is 0 Å². The summed E-state index contributed by atoms with van der Waals surface area (Å²) in [5, 5.41) is 0. The molecule has 0 aliphatic carbocycles. The Morgan fingerprint density at radius 3 is 2.65 bits per heavy atom. The number of ether oxygens (including phenoxy) is 1. The number of aromatic nitrogens is 1. The predicted molar refractivity (Wildman–Crippen MR) is 71.5 cm³/mol. The van der Waals surface area contributed by atoms with Crippen LogP contribution in [0, 0.1) is 0 Å². The number of likely N-dealkylation sites (N-methyl/N-ethyl adjacent to an activating group) is 1. The Labute approximate surface area is 104 Å². The maximum atomic E-state index is 5.79. The Balaban J connectivity index is 3.04. The zero-order chi connectivity index (χ0) is 13.1. The summed E-state index contributed by atoms with van der Waals surface area (Å²) >= 11 is 0. The maximum Gasteiger partial charge on any atom is 0.171 e. The second-order valence-electron chi connectivity index (χ2n) is 5.07. The lowest BCUT2D eigenvalue weighted by Crippen LogP contribution is -2.47. The molecule has 0 aromatic carbocycles. The van der Waals surface area contributed by atoms with E-state index in [1.54, 1.807) is 6.20 Å². The van der Waals surface area contributed by atoms with Crippen LogP contribution in [0.15, 0.2) is 18.3 Å². The highest BCUT2D eigenvalue weighted by molar-refractivity contribution is 5.53. The Kier molecular flexibility index (Phi) is 4.34. The van der Waals surface area contributed by atoms with E-state index in [9.17, 15) is 0 Å². The Bertz CT molecular complexity index is 363. The average Bonchev–Trinajstić information content (AvgIpc) is 2.28. The Hall–Kier alpha value is -1.29. The van der Waals surface area contributed by atoms with Gasteiger partial charge in [-0.15, -0.1) is 0 Å². The molecule has 1 heterocycles. The van der Waals surface area contributed by atoms with Crippen LogP contribution in [0.3, 0.4) is 0 Å². The molecular formula is C13H23N3O. The molecule has 0 aliphatic rings. The molecule has 0 aliphatic heterocycles. The summed E-state index contributed by atoms with van der Waals surface area (Å²) < 4.78 is 5.76. The van der Waals surface area contributed by atoms with E-state index in [1.807, 2.05) is 33.0 Å². The van der Waals surface area contributed by atoms with Gasteiger partial charge in [-0.05, 0) is 39.8 Å². The number of hydrogen-bond donors (Lipinski definition) is 1. The molecule has 0 saturated carbocycles. The predicted octanol–water partition coefficient (Wildman–Crippen LogP) is 2.04. The summed E-state index contributed by atoms with van der Waals surface area (Å²) in [6, 6.07) is 3.82. The van der Waals surface area contributed by atoms with Crippen molar-refractivity contribution < 1.29 is 4.74 Å². The summed E-state index contributed by atoms with van der Waals surface area (Å²) in [6.07, 6.45) is 1.90. The van der Waals surface area contributed by atoms with Crippen LogP contribution in [0.4, 0.5) is 5.82 Å². The molecule has 4 heteroatoms. The summed E-state index contributed by atoms with van der Waals surface area (Å²) in [6.45, 7) is 8.73. The van der Waals surface area contributed by atoms with Gasteiger partial charge in [-0.3, -0.25) is 0 Å². The van der Waals surface area contributed by atoms with Crippen molar-refractivity contribution in [1.29, 1.82) is 0 Å². The highest BCUT2D eigenvalue weighted by atomic mass is 16.5. The molecule has 1 rings (SSSR count). The fourth-order valence-electron chi connectivity index (χ4n) is 1.40. The Morgan fingerprint density at radius 1 is 1.47 bits per heavy atom. The lowest BCUT2D eigenvalue weighted by Gasteiger charge is -2.36. The van der Waals surface area contributed by atoms with Crippen molar-refractivity contribution in [2.75, 3.05) is 18.5 Å². The van der Waals surface area contributed by atoms with Gasteiger partial charge in [0.15, 0.2) is 11.6 Å². The quantitative estimate of drug-likeness (QED) is 0.851. The van der Waals surface area contributed by atoms with Gasteiger partial charge in [0.05, 0.1) is 6.10 Å². The fraction of sp³-hybridized carbons (Fsp3) is 0.615. The molecule has 0 saturated heterocycles. The summed E-state index contributed by atoms with van der Waals surface area (Å²) in [5.74, 6) is 1.63. The van der Waals surface area contributed by atoms with Crippen molar-refractivity contribution in [2.45, 2.75) is 39.3 Å². The van der Waals surface area contributed by atoms with Crippen LogP contribution in [-0.4, -0.2) is 30.2 Å². The van der Waals surface area contributed by atoms with Crippen molar-refractivity contribution in [3.05, 3.63) is 18.3 Å². The van der Waals surface area contributed by atoms with Crippen molar-refractivity contribution in [3.63, 3.8) is 0 Å². The third-order valence-electron chi connectivity index (χ3n) is 2.84. The lowest BCUT2D eigenvalue weighted by molar-refractivity contribution is 0.241. The van der Waals surface area contributed by atoms with Gasteiger partial charge in [0, 0.05) is 25.3 Å². The molecule has 0 unspecified atom stereocenters. The lowest BCUT2D eigenvalue weighted by atomic mass is 10.0. The van der Waals surface area contributed by atoms with E-state index in [0.717, 1.165) is 11.6 Å². The zero-order valence-electron chi connectivity index (χ0n) is 11.4. The fourth-order valence-corrected chi connectivity index (χ4v) is 1.40. The first-order valence-corrected chi connectivity index (χ1v) is 5.94. The third kappa shape index (κ3) is 3.33. The van der Waals surface area contributed by atoms with E-state index in [4.69, 9.17) is 10.5 Å². The molecule has 1 aromatic heterocycles. The minimum Gasteiger partial charge on any atom is -0.487 e. The first-order chi connectivity index (χ1) is 7.88. The van der Waals surface area contributed by atoms with Gasteiger partial charge in [0.2, 0.25) is 0 Å². The van der Waals surface area contributed by atoms with Gasteiger partial charge in [-0.1, -0.05) is 0 Å². The van der Waals surface area contributed by atoms with Crippen LogP contribution in [-0.2, 0) is 0 Å². The smallest absolute Gasteiger partial charge is 0.171 e. The first kappa shape index (κ1) is 13.8. The number of nitrogens with two attached hydrogens (primary N) is 1. The average molecular weight is 237 g/mol. The largest absolute Gasteiger partial charge is 0.487 e. The minimum atomic E-state index is -0.149. The second-order valence-corrected chi connectivity index (χ2v) is 5.07. The van der Waals surface area contributed by atoms with E-state index in [1.165, 1.54) is 0 Å². The van der Waals surface area contributed by atoms with E-state index in [-0.39, 0.29) is 11.6 Å². The highest BCUT2D eigenvalue weighted by Crippen LogP contribution is 2.29. The Morgan fingerprint density at radius 2 is 2.12 bits per heavy atom.